The van der Waals surface area contributed by atoms with Gasteiger partial charge in [0.05, 0.1) is 6.54 Å². The third-order valence-corrected chi connectivity index (χ3v) is 4.02. The molecular weight excluding hydrogens is 166 g/mol. The van der Waals surface area contributed by atoms with E-state index in [0.29, 0.717) is 6.04 Å². The molecule has 0 aliphatic carbocycles. The maximum atomic E-state index is 5.18. The lowest BCUT2D eigenvalue weighted by molar-refractivity contribution is 0.507. The quantitative estimate of drug-likeness (QED) is 0.669. The summed E-state index contributed by atoms with van der Waals surface area (Å²) in [6.45, 7) is 5.30. The zero-order chi connectivity index (χ0) is 8.97. The predicted octanol–water partition coefficient (Wildman–Crippen LogP) is 1.74. The molecule has 1 fully saturated rings. The first-order chi connectivity index (χ1) is 5.74. The summed E-state index contributed by atoms with van der Waals surface area (Å²) in [6, 6.07) is 0.651. The van der Waals surface area contributed by atoms with Crippen LogP contribution in [0.4, 0.5) is 0 Å². The van der Waals surface area contributed by atoms with Crippen LogP contribution >= 0.6 is 11.8 Å². The topological polar surface area (TPSA) is 12.0 Å². The van der Waals surface area contributed by atoms with Crippen LogP contribution in [-0.4, -0.2) is 23.6 Å². The summed E-state index contributed by atoms with van der Waals surface area (Å²) in [5.41, 5.74) is 0. The molecule has 68 valence electrons. The lowest BCUT2D eigenvalue weighted by Gasteiger charge is -2.13. The number of hydrogen-bond donors (Lipinski definition) is 1. The van der Waals surface area contributed by atoms with Crippen LogP contribution in [0.25, 0.3) is 0 Å². The molecule has 0 saturated carbocycles. The van der Waals surface area contributed by atoms with Crippen LogP contribution in [0.1, 0.15) is 20.3 Å². The van der Waals surface area contributed by atoms with Gasteiger partial charge < -0.3 is 5.32 Å². The summed E-state index contributed by atoms with van der Waals surface area (Å²) < 4.78 is 0. The van der Waals surface area contributed by atoms with Crippen LogP contribution < -0.4 is 5.32 Å². The fraction of sp³-hybridized carbons (Fsp3) is 0.800. The first-order valence-electron chi connectivity index (χ1n) is 4.52. The lowest BCUT2D eigenvalue weighted by Crippen LogP contribution is -2.29. The largest absolute Gasteiger partial charge is 0.303 e. The van der Waals surface area contributed by atoms with E-state index in [2.05, 4.69) is 36.8 Å². The second kappa shape index (κ2) is 4.79. The maximum absolute atomic E-state index is 5.18. The van der Waals surface area contributed by atoms with Gasteiger partial charge in [0.2, 0.25) is 0 Å². The van der Waals surface area contributed by atoms with Crippen molar-refractivity contribution in [1.29, 1.82) is 0 Å². The van der Waals surface area contributed by atoms with Crippen LogP contribution in [0.2, 0.25) is 0 Å². The molecule has 12 heavy (non-hydrogen) atoms. The Morgan fingerprint density at radius 2 is 2.42 bits per heavy atom. The minimum Gasteiger partial charge on any atom is -0.303 e. The highest BCUT2D eigenvalue weighted by Crippen LogP contribution is 2.31. The van der Waals surface area contributed by atoms with Gasteiger partial charge in [-0.1, -0.05) is 19.8 Å². The summed E-state index contributed by atoms with van der Waals surface area (Å²) in [6.07, 6.45) is 6.46. The van der Waals surface area contributed by atoms with Gasteiger partial charge >= 0.3 is 0 Å². The summed E-state index contributed by atoms with van der Waals surface area (Å²) in [5.74, 6) is 4.64. The Kier molecular flexibility index (Phi) is 3.97. The van der Waals surface area contributed by atoms with Crippen LogP contribution in [0.5, 0.6) is 0 Å². The van der Waals surface area contributed by atoms with Crippen molar-refractivity contribution in [3.8, 4) is 12.3 Å². The van der Waals surface area contributed by atoms with Gasteiger partial charge in [-0.2, -0.15) is 11.8 Å². The van der Waals surface area contributed by atoms with Gasteiger partial charge in [-0.25, -0.2) is 0 Å². The molecule has 2 atom stereocenters. The number of nitrogens with one attached hydrogen (secondary N) is 1. The third-order valence-electron chi connectivity index (χ3n) is 2.26. The molecule has 0 radical (unpaired) electrons. The van der Waals surface area contributed by atoms with E-state index in [9.17, 15) is 0 Å². The molecule has 2 unspecified atom stereocenters. The minimum atomic E-state index is 0.651. The number of hydrogen-bond acceptors (Lipinski definition) is 2. The molecule has 1 saturated heterocycles. The Labute approximate surface area is 79.7 Å². The monoisotopic (exact) mass is 183 g/mol. The average Bonchev–Trinajstić information content (AvgIpc) is 2.48. The molecular formula is C10H17NS. The molecule has 1 nitrogen and oxygen atoms in total. The fourth-order valence-electron chi connectivity index (χ4n) is 1.47. The van der Waals surface area contributed by atoms with Crippen molar-refractivity contribution >= 4 is 11.8 Å². The number of thioether (sulfide) groups is 1. The van der Waals surface area contributed by atoms with Crippen molar-refractivity contribution in [1.82, 2.24) is 5.32 Å². The van der Waals surface area contributed by atoms with Crippen LogP contribution in [0.15, 0.2) is 0 Å². The highest BCUT2D eigenvalue weighted by Gasteiger charge is 2.26. The van der Waals surface area contributed by atoms with E-state index in [1.54, 1.807) is 0 Å². The first kappa shape index (κ1) is 9.95. The van der Waals surface area contributed by atoms with E-state index < -0.39 is 0 Å². The highest BCUT2D eigenvalue weighted by molar-refractivity contribution is 8.00. The zero-order valence-electron chi connectivity index (χ0n) is 7.84. The Morgan fingerprint density at radius 1 is 1.67 bits per heavy atom. The third kappa shape index (κ3) is 2.73. The second-order valence-electron chi connectivity index (χ2n) is 3.63. The van der Waals surface area contributed by atoms with E-state index in [0.717, 1.165) is 17.7 Å². The molecule has 1 aliphatic rings. The van der Waals surface area contributed by atoms with Gasteiger partial charge in [-0.3, -0.25) is 0 Å². The van der Waals surface area contributed by atoms with Gasteiger partial charge in [0.15, 0.2) is 0 Å². The average molecular weight is 183 g/mol. The van der Waals surface area contributed by atoms with Gasteiger partial charge in [0.1, 0.15) is 0 Å². The molecule has 0 aromatic heterocycles. The van der Waals surface area contributed by atoms with Crippen molar-refractivity contribution in [3.63, 3.8) is 0 Å². The summed E-state index contributed by atoms with van der Waals surface area (Å²) in [4.78, 5) is 0. The van der Waals surface area contributed by atoms with Gasteiger partial charge in [-0.05, 0) is 12.3 Å². The molecule has 0 aromatic rings. The maximum Gasteiger partial charge on any atom is 0.0576 e. The summed E-state index contributed by atoms with van der Waals surface area (Å²) >= 11 is 2.08. The van der Waals surface area contributed by atoms with E-state index >= 15 is 0 Å². The van der Waals surface area contributed by atoms with Crippen molar-refractivity contribution in [2.24, 2.45) is 5.92 Å². The Bertz CT molecular complexity index is 171. The second-order valence-corrected chi connectivity index (χ2v) is 4.91. The van der Waals surface area contributed by atoms with Crippen molar-refractivity contribution in [3.05, 3.63) is 0 Å². The molecule has 1 rings (SSSR count). The van der Waals surface area contributed by atoms with Gasteiger partial charge in [0, 0.05) is 17.0 Å². The number of terminal acetylenes is 1. The molecule has 1 aliphatic heterocycles. The standard InChI is InChI=1S/C10H17NS/c1-4-5-11-9-6-10(8(2)3)12-7-9/h1,8-11H,5-7H2,2-3H3. The van der Waals surface area contributed by atoms with Crippen molar-refractivity contribution < 1.29 is 0 Å². The SMILES string of the molecule is C#CCNC1CSC(C(C)C)C1. The van der Waals surface area contributed by atoms with E-state index in [1.165, 1.54) is 12.2 Å². The zero-order valence-corrected chi connectivity index (χ0v) is 8.66. The Morgan fingerprint density at radius 3 is 2.92 bits per heavy atom. The first-order valence-corrected chi connectivity index (χ1v) is 5.57. The van der Waals surface area contributed by atoms with Gasteiger partial charge in [0.25, 0.3) is 0 Å². The van der Waals surface area contributed by atoms with Crippen molar-refractivity contribution in [2.45, 2.75) is 31.6 Å². The van der Waals surface area contributed by atoms with Crippen molar-refractivity contribution in [2.75, 3.05) is 12.3 Å². The lowest BCUT2D eigenvalue weighted by atomic mass is 10.0. The molecule has 2 heteroatoms. The summed E-state index contributed by atoms with van der Waals surface area (Å²) in [5, 5.41) is 4.19. The predicted molar refractivity (Wildman–Crippen MR) is 56.3 cm³/mol. The number of rotatable bonds is 3. The van der Waals surface area contributed by atoms with E-state index in [4.69, 9.17) is 6.42 Å². The van der Waals surface area contributed by atoms with Crippen LogP contribution in [0.3, 0.4) is 0 Å². The van der Waals surface area contributed by atoms with Crippen LogP contribution in [0, 0.1) is 18.3 Å². The van der Waals surface area contributed by atoms with Gasteiger partial charge in [-0.15, -0.1) is 6.42 Å². The molecule has 1 N–H and O–H groups in total. The Balaban J connectivity index is 2.22. The minimum absolute atomic E-state index is 0.651. The molecule has 0 amide bonds. The summed E-state index contributed by atoms with van der Waals surface area (Å²) in [7, 11) is 0. The van der Waals surface area contributed by atoms with E-state index in [-0.39, 0.29) is 0 Å². The fourth-order valence-corrected chi connectivity index (χ4v) is 2.95. The smallest absolute Gasteiger partial charge is 0.0576 e. The molecule has 0 bridgehead atoms. The molecule has 0 aromatic carbocycles. The van der Waals surface area contributed by atoms with Crippen LogP contribution in [-0.2, 0) is 0 Å². The molecule has 0 spiro atoms. The molecule has 1 heterocycles. The normalized spacial score (nSPS) is 29.2. The highest BCUT2D eigenvalue weighted by atomic mass is 32.2. The van der Waals surface area contributed by atoms with E-state index in [1.807, 2.05) is 0 Å². The Hall–Kier alpha value is -0.130.